The molecule has 3 heteroatoms. The molecule has 0 spiro atoms. The molecule has 19 heavy (non-hydrogen) atoms. The Kier molecular flexibility index (Phi) is 5.23. The lowest BCUT2D eigenvalue weighted by Gasteiger charge is -2.26. The number of benzene rings is 1. The zero-order valence-electron chi connectivity index (χ0n) is 12.0. The fourth-order valence-corrected chi connectivity index (χ4v) is 2.64. The van der Waals surface area contributed by atoms with Gasteiger partial charge in [0, 0.05) is 19.2 Å². The van der Waals surface area contributed by atoms with Crippen LogP contribution in [0.5, 0.6) is 5.75 Å². The van der Waals surface area contributed by atoms with Crippen LogP contribution in [0.4, 0.5) is 0 Å². The normalized spacial score (nSPS) is 18.6. The van der Waals surface area contributed by atoms with E-state index in [0.29, 0.717) is 17.7 Å². The molecule has 0 saturated carbocycles. The standard InChI is InChI=1S/C16H25NO2/c1-12(2)11-19-9-8-17-16-5-3-4-13-10-14(18)6-7-15(13)16/h6-7,10,12,16-18H,3-5,8-9,11H2,1-2H3. The number of aromatic hydroxyl groups is 1. The minimum Gasteiger partial charge on any atom is -0.508 e. The maximum Gasteiger partial charge on any atom is 0.115 e. The second-order valence-electron chi connectivity index (χ2n) is 5.75. The number of aryl methyl sites for hydroxylation is 1. The van der Waals surface area contributed by atoms with E-state index in [1.54, 1.807) is 6.07 Å². The van der Waals surface area contributed by atoms with Crippen LogP contribution in [-0.2, 0) is 11.2 Å². The molecule has 0 saturated heterocycles. The SMILES string of the molecule is CC(C)COCCNC1CCCc2cc(O)ccc21. The van der Waals surface area contributed by atoms with E-state index in [9.17, 15) is 5.11 Å². The van der Waals surface area contributed by atoms with Crippen LogP contribution in [0, 0.1) is 5.92 Å². The molecule has 0 aliphatic heterocycles. The van der Waals surface area contributed by atoms with Gasteiger partial charge in [-0.1, -0.05) is 19.9 Å². The van der Waals surface area contributed by atoms with E-state index >= 15 is 0 Å². The van der Waals surface area contributed by atoms with Crippen molar-refractivity contribution in [3.8, 4) is 5.75 Å². The van der Waals surface area contributed by atoms with E-state index in [0.717, 1.165) is 26.2 Å². The number of ether oxygens (including phenoxy) is 1. The van der Waals surface area contributed by atoms with Crippen molar-refractivity contribution >= 4 is 0 Å². The molecule has 1 aliphatic carbocycles. The first-order chi connectivity index (χ1) is 9.16. The van der Waals surface area contributed by atoms with Crippen molar-refractivity contribution in [1.29, 1.82) is 0 Å². The summed E-state index contributed by atoms with van der Waals surface area (Å²) in [6, 6.07) is 6.15. The minimum atomic E-state index is 0.375. The Morgan fingerprint density at radius 1 is 1.42 bits per heavy atom. The molecule has 1 atom stereocenters. The molecule has 0 amide bonds. The van der Waals surface area contributed by atoms with E-state index in [-0.39, 0.29) is 0 Å². The Morgan fingerprint density at radius 2 is 2.26 bits per heavy atom. The highest BCUT2D eigenvalue weighted by molar-refractivity contribution is 5.38. The van der Waals surface area contributed by atoms with Crippen molar-refractivity contribution in [2.24, 2.45) is 5.92 Å². The summed E-state index contributed by atoms with van der Waals surface area (Å²) in [5.74, 6) is 0.970. The van der Waals surface area contributed by atoms with Gasteiger partial charge in [-0.05, 0) is 48.4 Å². The van der Waals surface area contributed by atoms with Gasteiger partial charge in [-0.2, -0.15) is 0 Å². The Balaban J connectivity index is 1.82. The molecule has 1 aromatic carbocycles. The summed E-state index contributed by atoms with van der Waals surface area (Å²) < 4.78 is 5.59. The molecular formula is C16H25NO2. The average molecular weight is 263 g/mol. The summed E-state index contributed by atoms with van der Waals surface area (Å²) in [6.45, 7) is 6.81. The lowest BCUT2D eigenvalue weighted by Crippen LogP contribution is -2.28. The third kappa shape index (κ3) is 4.22. The van der Waals surface area contributed by atoms with Crippen LogP contribution < -0.4 is 5.32 Å². The summed E-state index contributed by atoms with van der Waals surface area (Å²) >= 11 is 0. The lowest BCUT2D eigenvalue weighted by atomic mass is 9.87. The molecule has 2 rings (SSSR count). The molecule has 3 nitrogen and oxygen atoms in total. The molecule has 0 radical (unpaired) electrons. The van der Waals surface area contributed by atoms with Gasteiger partial charge in [-0.3, -0.25) is 0 Å². The maximum atomic E-state index is 9.53. The zero-order chi connectivity index (χ0) is 13.7. The first-order valence-electron chi connectivity index (χ1n) is 7.29. The number of phenolic OH excluding ortho intramolecular Hbond substituents is 1. The number of nitrogens with one attached hydrogen (secondary N) is 1. The molecule has 1 unspecified atom stereocenters. The Labute approximate surface area is 116 Å². The predicted molar refractivity (Wildman–Crippen MR) is 77.4 cm³/mol. The number of rotatable bonds is 6. The van der Waals surface area contributed by atoms with Crippen LogP contribution in [0.3, 0.4) is 0 Å². The Hall–Kier alpha value is -1.06. The van der Waals surface area contributed by atoms with Gasteiger partial charge in [-0.25, -0.2) is 0 Å². The highest BCUT2D eigenvalue weighted by Gasteiger charge is 2.19. The van der Waals surface area contributed by atoms with E-state index in [2.05, 4.69) is 25.2 Å². The second kappa shape index (κ2) is 6.92. The first kappa shape index (κ1) is 14.4. The van der Waals surface area contributed by atoms with Gasteiger partial charge in [-0.15, -0.1) is 0 Å². The Bertz CT molecular complexity index is 404. The highest BCUT2D eigenvalue weighted by atomic mass is 16.5. The quantitative estimate of drug-likeness (QED) is 0.775. The van der Waals surface area contributed by atoms with Crippen LogP contribution >= 0.6 is 0 Å². The fourth-order valence-electron chi connectivity index (χ4n) is 2.64. The van der Waals surface area contributed by atoms with Gasteiger partial charge in [0.25, 0.3) is 0 Å². The van der Waals surface area contributed by atoms with Gasteiger partial charge in [0.2, 0.25) is 0 Å². The van der Waals surface area contributed by atoms with E-state index in [1.807, 2.05) is 6.07 Å². The molecule has 0 fully saturated rings. The average Bonchev–Trinajstić information content (AvgIpc) is 2.37. The third-order valence-corrected chi connectivity index (χ3v) is 3.53. The van der Waals surface area contributed by atoms with Crippen LogP contribution in [0.2, 0.25) is 0 Å². The van der Waals surface area contributed by atoms with Gasteiger partial charge >= 0.3 is 0 Å². The van der Waals surface area contributed by atoms with Crippen LogP contribution in [-0.4, -0.2) is 24.9 Å². The van der Waals surface area contributed by atoms with Gasteiger partial charge in [0.05, 0.1) is 6.61 Å². The Morgan fingerprint density at radius 3 is 3.05 bits per heavy atom. The summed E-state index contributed by atoms with van der Waals surface area (Å²) in [6.07, 6.45) is 3.43. The third-order valence-electron chi connectivity index (χ3n) is 3.53. The summed E-state index contributed by atoms with van der Waals surface area (Å²) in [5, 5.41) is 13.1. The van der Waals surface area contributed by atoms with Crippen molar-refractivity contribution in [2.45, 2.75) is 39.2 Å². The minimum absolute atomic E-state index is 0.375. The molecule has 0 aromatic heterocycles. The smallest absolute Gasteiger partial charge is 0.115 e. The lowest BCUT2D eigenvalue weighted by molar-refractivity contribution is 0.109. The largest absolute Gasteiger partial charge is 0.508 e. The number of phenols is 1. The van der Waals surface area contributed by atoms with Gasteiger partial charge in [0.1, 0.15) is 5.75 Å². The summed E-state index contributed by atoms with van der Waals surface area (Å²) in [7, 11) is 0. The van der Waals surface area contributed by atoms with E-state index in [4.69, 9.17) is 4.74 Å². The van der Waals surface area contributed by atoms with Gasteiger partial charge in [0.15, 0.2) is 0 Å². The van der Waals surface area contributed by atoms with Gasteiger partial charge < -0.3 is 15.2 Å². The molecular weight excluding hydrogens is 238 g/mol. The number of hydrogen-bond donors (Lipinski definition) is 2. The molecule has 0 heterocycles. The van der Waals surface area contributed by atoms with Crippen molar-refractivity contribution in [1.82, 2.24) is 5.32 Å². The monoisotopic (exact) mass is 263 g/mol. The molecule has 2 N–H and O–H groups in total. The predicted octanol–water partition coefficient (Wildman–Crippen LogP) is 3.03. The molecule has 106 valence electrons. The molecule has 1 aromatic rings. The maximum absolute atomic E-state index is 9.53. The summed E-state index contributed by atoms with van der Waals surface area (Å²) in [4.78, 5) is 0. The van der Waals surface area contributed by atoms with Crippen molar-refractivity contribution in [3.05, 3.63) is 29.3 Å². The van der Waals surface area contributed by atoms with Crippen molar-refractivity contribution < 1.29 is 9.84 Å². The van der Waals surface area contributed by atoms with E-state index < -0.39 is 0 Å². The van der Waals surface area contributed by atoms with Crippen molar-refractivity contribution in [2.75, 3.05) is 19.8 Å². The molecule has 1 aliphatic rings. The van der Waals surface area contributed by atoms with Crippen LogP contribution in [0.25, 0.3) is 0 Å². The second-order valence-corrected chi connectivity index (χ2v) is 5.75. The van der Waals surface area contributed by atoms with Crippen molar-refractivity contribution in [3.63, 3.8) is 0 Å². The zero-order valence-corrected chi connectivity index (χ0v) is 12.0. The summed E-state index contributed by atoms with van der Waals surface area (Å²) in [5.41, 5.74) is 2.62. The topological polar surface area (TPSA) is 41.5 Å². The number of fused-ring (bicyclic) bond motifs is 1. The van der Waals surface area contributed by atoms with Crippen LogP contribution in [0.15, 0.2) is 18.2 Å². The van der Waals surface area contributed by atoms with Crippen LogP contribution in [0.1, 0.15) is 43.9 Å². The molecule has 0 bridgehead atoms. The number of hydrogen-bond acceptors (Lipinski definition) is 3. The highest BCUT2D eigenvalue weighted by Crippen LogP contribution is 2.31. The first-order valence-corrected chi connectivity index (χ1v) is 7.29. The fraction of sp³-hybridized carbons (Fsp3) is 0.625. The van der Waals surface area contributed by atoms with E-state index in [1.165, 1.54) is 24.0 Å².